The molecular formula is C31H32N8O. The van der Waals surface area contributed by atoms with Gasteiger partial charge in [-0.3, -0.25) is 0 Å². The summed E-state index contributed by atoms with van der Waals surface area (Å²) in [6.45, 7) is 7.16. The maximum absolute atomic E-state index is 12.5. The lowest BCUT2D eigenvalue weighted by Crippen LogP contribution is -2.28. The molecule has 6 rings (SSSR count). The minimum atomic E-state index is 0.332. The van der Waals surface area contributed by atoms with Gasteiger partial charge in [-0.2, -0.15) is 9.94 Å². The van der Waals surface area contributed by atoms with E-state index >= 15 is 0 Å². The molecule has 4 aromatic heterocycles. The summed E-state index contributed by atoms with van der Waals surface area (Å²) >= 11 is 0. The van der Waals surface area contributed by atoms with E-state index in [2.05, 4.69) is 57.3 Å². The van der Waals surface area contributed by atoms with Crippen LogP contribution in [-0.2, 0) is 13.0 Å². The molecular weight excluding hydrogens is 500 g/mol. The second kappa shape index (κ2) is 10.8. The lowest BCUT2D eigenvalue weighted by Gasteiger charge is -2.24. The van der Waals surface area contributed by atoms with Crippen molar-refractivity contribution < 1.29 is 4.73 Å². The van der Waals surface area contributed by atoms with Crippen LogP contribution in [0.1, 0.15) is 50.2 Å². The van der Waals surface area contributed by atoms with Crippen LogP contribution in [0.3, 0.4) is 0 Å². The Morgan fingerprint density at radius 3 is 2.62 bits per heavy atom. The van der Waals surface area contributed by atoms with Crippen LogP contribution in [0.25, 0.3) is 39.4 Å². The Bertz CT molecular complexity index is 1730. The highest BCUT2D eigenvalue weighted by Crippen LogP contribution is 2.36. The molecule has 1 unspecified atom stereocenters. The number of fused-ring (bicyclic) bond motifs is 1. The molecule has 202 valence electrons. The molecule has 1 aliphatic carbocycles. The van der Waals surface area contributed by atoms with Gasteiger partial charge in [0, 0.05) is 30.7 Å². The van der Waals surface area contributed by atoms with Crippen molar-refractivity contribution in [1.82, 2.24) is 35.2 Å². The monoisotopic (exact) mass is 532 g/mol. The van der Waals surface area contributed by atoms with Crippen molar-refractivity contribution >= 4 is 16.7 Å². The number of benzene rings is 1. The summed E-state index contributed by atoms with van der Waals surface area (Å²) in [5.74, 6) is 1.97. The second-order valence-electron chi connectivity index (χ2n) is 10.4. The fourth-order valence-electron chi connectivity index (χ4n) is 5.50. The van der Waals surface area contributed by atoms with Crippen molar-refractivity contribution in [3.05, 3.63) is 94.7 Å². The normalized spacial score (nSPS) is 15.3. The number of aromatic amines is 1. The molecule has 0 aliphatic heterocycles. The number of aryl methyl sites for hydroxylation is 2. The molecule has 1 atom stereocenters. The number of H-pyrrole nitrogens is 1. The molecule has 0 fully saturated rings. The summed E-state index contributed by atoms with van der Waals surface area (Å²) in [6.07, 6.45) is 9.92. The first-order valence-electron chi connectivity index (χ1n) is 13.8. The third-order valence-corrected chi connectivity index (χ3v) is 7.70. The van der Waals surface area contributed by atoms with E-state index in [-0.39, 0.29) is 0 Å². The Hall–Kier alpha value is -4.66. The molecule has 0 amide bonds. The molecule has 9 nitrogen and oxygen atoms in total. The maximum Gasteiger partial charge on any atom is 0.225 e. The number of nitrogens with one attached hydrogen (secondary N) is 1. The topological polar surface area (TPSA) is 112 Å². The SMILES string of the molecule is CCCCc1nc2cc(-c3cccc[n+]3[O-])c(C)nc2n1CC1=CC=C(c2ccccc2-c2nn[nH]n2)CC1C. The van der Waals surface area contributed by atoms with Gasteiger partial charge in [0.15, 0.2) is 11.8 Å². The van der Waals surface area contributed by atoms with Crippen molar-refractivity contribution in [1.29, 1.82) is 0 Å². The quantitative estimate of drug-likeness (QED) is 0.205. The number of allylic oxidation sites excluding steroid dienone is 4. The average Bonchev–Trinajstić information content (AvgIpc) is 3.61. The van der Waals surface area contributed by atoms with Gasteiger partial charge < -0.3 is 9.77 Å². The number of pyridine rings is 2. The zero-order valence-electron chi connectivity index (χ0n) is 23.0. The van der Waals surface area contributed by atoms with Gasteiger partial charge in [-0.05, 0) is 59.7 Å². The second-order valence-corrected chi connectivity index (χ2v) is 10.4. The van der Waals surface area contributed by atoms with Gasteiger partial charge in [0.25, 0.3) is 0 Å². The summed E-state index contributed by atoms with van der Waals surface area (Å²) < 4.78 is 3.16. The van der Waals surface area contributed by atoms with Crippen LogP contribution in [-0.4, -0.2) is 35.2 Å². The van der Waals surface area contributed by atoms with Gasteiger partial charge in [-0.25, -0.2) is 9.97 Å². The molecule has 0 radical (unpaired) electrons. The molecule has 0 saturated heterocycles. The van der Waals surface area contributed by atoms with Crippen molar-refractivity contribution in [3.63, 3.8) is 0 Å². The van der Waals surface area contributed by atoms with E-state index in [9.17, 15) is 5.21 Å². The number of hydrogen-bond acceptors (Lipinski definition) is 6. The number of nitrogens with zero attached hydrogens (tertiary/aromatic N) is 7. The van der Waals surface area contributed by atoms with Crippen LogP contribution < -0.4 is 4.73 Å². The Kier molecular flexibility index (Phi) is 6.94. The van der Waals surface area contributed by atoms with E-state index in [0.717, 1.165) is 76.3 Å². The predicted octanol–water partition coefficient (Wildman–Crippen LogP) is 5.61. The Balaban J connectivity index is 1.38. The first-order valence-corrected chi connectivity index (χ1v) is 13.8. The van der Waals surface area contributed by atoms with Crippen molar-refractivity contribution in [2.24, 2.45) is 5.92 Å². The van der Waals surface area contributed by atoms with Crippen molar-refractivity contribution in [3.8, 4) is 22.6 Å². The largest absolute Gasteiger partial charge is 0.618 e. The highest BCUT2D eigenvalue weighted by Gasteiger charge is 2.23. The Labute approximate surface area is 232 Å². The number of hydrogen-bond donors (Lipinski definition) is 1. The minimum absolute atomic E-state index is 0.332. The fraction of sp³-hybridized carbons (Fsp3) is 0.290. The molecule has 4 heterocycles. The van der Waals surface area contributed by atoms with Gasteiger partial charge in [-0.15, -0.1) is 10.2 Å². The minimum Gasteiger partial charge on any atom is -0.618 e. The van der Waals surface area contributed by atoms with Gasteiger partial charge >= 0.3 is 0 Å². The summed E-state index contributed by atoms with van der Waals surface area (Å²) in [7, 11) is 0. The summed E-state index contributed by atoms with van der Waals surface area (Å²) in [5.41, 5.74) is 8.60. The highest BCUT2D eigenvalue weighted by molar-refractivity contribution is 5.81. The van der Waals surface area contributed by atoms with Crippen molar-refractivity contribution in [2.45, 2.75) is 53.0 Å². The van der Waals surface area contributed by atoms with E-state index in [4.69, 9.17) is 9.97 Å². The zero-order chi connectivity index (χ0) is 27.6. The van der Waals surface area contributed by atoms with Crippen LogP contribution in [0, 0.1) is 18.0 Å². The van der Waals surface area contributed by atoms with Crippen LogP contribution in [0.15, 0.2) is 72.5 Å². The number of imidazole rings is 1. The van der Waals surface area contributed by atoms with Gasteiger partial charge in [0.1, 0.15) is 11.3 Å². The first kappa shape index (κ1) is 25.6. The zero-order valence-corrected chi connectivity index (χ0v) is 23.0. The molecule has 40 heavy (non-hydrogen) atoms. The molecule has 9 heteroatoms. The number of aromatic nitrogens is 8. The van der Waals surface area contributed by atoms with Gasteiger partial charge in [0.05, 0.1) is 11.3 Å². The third-order valence-electron chi connectivity index (χ3n) is 7.70. The van der Waals surface area contributed by atoms with Crippen molar-refractivity contribution in [2.75, 3.05) is 0 Å². The third kappa shape index (κ3) is 4.79. The highest BCUT2D eigenvalue weighted by atomic mass is 16.5. The molecule has 5 aromatic rings. The van der Waals surface area contributed by atoms with Crippen LogP contribution in [0.2, 0.25) is 0 Å². The summed E-state index contributed by atoms with van der Waals surface area (Å²) in [4.78, 5) is 10.0. The molecule has 1 aromatic carbocycles. The van der Waals surface area contributed by atoms with E-state index < -0.39 is 0 Å². The number of tetrazole rings is 1. The smallest absolute Gasteiger partial charge is 0.225 e. The van der Waals surface area contributed by atoms with E-state index in [1.807, 2.05) is 43.3 Å². The Morgan fingerprint density at radius 2 is 1.88 bits per heavy atom. The number of rotatable bonds is 8. The predicted molar refractivity (Wildman–Crippen MR) is 155 cm³/mol. The molecule has 1 aliphatic rings. The number of unbranched alkanes of at least 4 members (excludes halogenated alkanes) is 1. The summed E-state index contributed by atoms with van der Waals surface area (Å²) in [5, 5.41) is 27.2. The summed E-state index contributed by atoms with van der Waals surface area (Å²) in [6, 6.07) is 15.7. The first-order chi connectivity index (χ1) is 19.5. The van der Waals surface area contributed by atoms with E-state index in [0.29, 0.717) is 17.4 Å². The van der Waals surface area contributed by atoms with Crippen LogP contribution in [0.5, 0.6) is 0 Å². The molecule has 0 bridgehead atoms. The van der Waals surface area contributed by atoms with Crippen LogP contribution in [0.4, 0.5) is 0 Å². The average molecular weight is 533 g/mol. The van der Waals surface area contributed by atoms with Gasteiger partial charge in [0.2, 0.25) is 11.5 Å². The molecule has 0 saturated carbocycles. The van der Waals surface area contributed by atoms with Gasteiger partial charge in [-0.1, -0.05) is 56.7 Å². The van der Waals surface area contributed by atoms with Crippen LogP contribution >= 0.6 is 0 Å². The fourth-order valence-corrected chi connectivity index (χ4v) is 5.50. The van der Waals surface area contributed by atoms with E-state index in [1.165, 1.54) is 17.3 Å². The molecule has 1 N–H and O–H groups in total. The molecule has 0 spiro atoms. The maximum atomic E-state index is 12.5. The van der Waals surface area contributed by atoms with E-state index in [1.54, 1.807) is 6.07 Å². The lowest BCUT2D eigenvalue weighted by atomic mass is 9.84. The standard InChI is InChI=1S/C31H32N8O/c1-4-5-13-29-33-27-18-26(28-12-8-9-16-39(28)40)21(3)32-31(27)38(29)19-23-15-14-22(17-20(23)2)24-10-6-7-11-25(24)30-34-36-37-35-30/h6-12,14-16,18,20H,4-5,13,17,19H2,1-3H3,(H,34,35,36,37). The Morgan fingerprint density at radius 1 is 1.05 bits per heavy atom. The lowest BCUT2D eigenvalue weighted by molar-refractivity contribution is -0.593.